The second-order valence-electron chi connectivity index (χ2n) is 9.63. The zero-order valence-corrected chi connectivity index (χ0v) is 23.5. The van der Waals surface area contributed by atoms with Gasteiger partial charge in [0, 0.05) is 0 Å². The van der Waals surface area contributed by atoms with Gasteiger partial charge in [-0.25, -0.2) is 0 Å². The molecule has 0 radical (unpaired) electrons. The van der Waals surface area contributed by atoms with Gasteiger partial charge in [0.25, 0.3) is 0 Å². The van der Waals surface area contributed by atoms with E-state index in [1.54, 1.807) is 0 Å². The Balaban J connectivity index is 2.03. The van der Waals surface area contributed by atoms with E-state index in [1.165, 1.54) is 0 Å². The van der Waals surface area contributed by atoms with E-state index in [0.717, 1.165) is 26.8 Å². The molecule has 0 saturated heterocycles. The van der Waals surface area contributed by atoms with Crippen LogP contribution in [0.3, 0.4) is 0 Å². The van der Waals surface area contributed by atoms with Gasteiger partial charge in [-0.2, -0.15) is 0 Å². The summed E-state index contributed by atoms with van der Waals surface area (Å²) in [5.74, 6) is 0. The molecule has 0 atom stereocenters. The molecular formula is C33H31O3PS. The van der Waals surface area contributed by atoms with Crippen molar-refractivity contribution < 1.29 is 12.4 Å². The third-order valence-corrected chi connectivity index (χ3v) is 15.4. The minimum absolute atomic E-state index is 0.218. The fourth-order valence-electron chi connectivity index (χ4n) is 5.71. The summed E-state index contributed by atoms with van der Waals surface area (Å²) in [4.78, 5) is 0.218. The van der Waals surface area contributed by atoms with Crippen LogP contribution < -0.4 is 21.2 Å². The van der Waals surface area contributed by atoms with Gasteiger partial charge in [-0.05, 0) is 0 Å². The van der Waals surface area contributed by atoms with E-state index in [9.17, 15) is 8.42 Å². The second-order valence-corrected chi connectivity index (χ2v) is 15.7. The van der Waals surface area contributed by atoms with Gasteiger partial charge in [-0.15, -0.1) is 0 Å². The van der Waals surface area contributed by atoms with Crippen LogP contribution in [0.2, 0.25) is 0 Å². The second kappa shape index (κ2) is 9.96. The van der Waals surface area contributed by atoms with Crippen molar-refractivity contribution in [1.82, 2.24) is 0 Å². The average molecular weight is 539 g/mol. The molecule has 0 spiro atoms. The molecule has 0 amide bonds. The molecule has 5 heteroatoms. The van der Waals surface area contributed by atoms with E-state index in [-0.39, 0.29) is 4.90 Å². The molecule has 192 valence electrons. The van der Waals surface area contributed by atoms with E-state index < -0.39 is 16.9 Å². The van der Waals surface area contributed by atoms with Gasteiger partial charge in [0.05, 0.1) is 0 Å². The standard InChI is InChI=1S/C33H31O3PS/c1-26-24-27(2)33(28(3)25-26)38(34,35)36-37(29-16-8-4-9-17-29,30-18-10-5-11-19-30,31-20-12-6-13-21-31)32-22-14-7-15-23-32/h4-25H,1-3H3. The fraction of sp³-hybridized carbons (Fsp3) is 0.0909. The molecule has 5 aromatic carbocycles. The Hall–Kier alpha value is -3.56. The van der Waals surface area contributed by atoms with Gasteiger partial charge >= 0.3 is 226 Å². The maximum atomic E-state index is 14.7. The van der Waals surface area contributed by atoms with Gasteiger partial charge in [-0.1, -0.05) is 0 Å². The van der Waals surface area contributed by atoms with Crippen molar-refractivity contribution >= 4 is 38.2 Å². The summed E-state index contributed by atoms with van der Waals surface area (Å²) < 4.78 is 36.5. The van der Waals surface area contributed by atoms with E-state index in [0.29, 0.717) is 11.1 Å². The monoisotopic (exact) mass is 538 g/mol. The van der Waals surface area contributed by atoms with Crippen molar-refractivity contribution in [3.8, 4) is 0 Å². The Labute approximate surface area is 225 Å². The predicted molar refractivity (Wildman–Crippen MR) is 160 cm³/mol. The van der Waals surface area contributed by atoms with Crippen LogP contribution in [0.15, 0.2) is 138 Å². The van der Waals surface area contributed by atoms with E-state index in [4.69, 9.17) is 3.97 Å². The molecule has 0 aromatic heterocycles. The van der Waals surface area contributed by atoms with Gasteiger partial charge < -0.3 is 0 Å². The Morgan fingerprint density at radius 1 is 0.500 bits per heavy atom. The zero-order valence-electron chi connectivity index (χ0n) is 21.8. The van der Waals surface area contributed by atoms with Crippen molar-refractivity contribution in [3.63, 3.8) is 0 Å². The molecule has 38 heavy (non-hydrogen) atoms. The summed E-state index contributed by atoms with van der Waals surface area (Å²) >= 11 is 0. The molecule has 0 N–H and O–H groups in total. The molecule has 5 rings (SSSR count). The molecule has 0 heterocycles. The SMILES string of the molecule is Cc1cc(C)c(S(=O)(=O)OP(c2ccccc2)(c2ccccc2)(c2ccccc2)c2ccccc2)c(C)c1. The number of benzene rings is 5. The summed E-state index contributed by atoms with van der Waals surface area (Å²) in [7, 11) is -4.29. The van der Waals surface area contributed by atoms with E-state index in [2.05, 4.69) is 0 Å². The zero-order chi connectivity index (χ0) is 26.8. The van der Waals surface area contributed by atoms with Crippen molar-refractivity contribution in [2.45, 2.75) is 25.7 Å². The first-order valence-corrected chi connectivity index (χ1v) is 16.1. The summed E-state index contributed by atoms with van der Waals surface area (Å²) in [5.41, 5.74) is 2.34. The molecule has 0 unspecified atom stereocenters. The minimum atomic E-state index is -4.35. The topological polar surface area (TPSA) is 43.4 Å². The number of hydrogen-bond acceptors (Lipinski definition) is 3. The molecule has 5 aromatic rings. The first-order chi connectivity index (χ1) is 18.3. The summed E-state index contributed by atoms with van der Waals surface area (Å²) in [6.07, 6.45) is 0. The predicted octanol–water partition coefficient (Wildman–Crippen LogP) is 6.09. The van der Waals surface area contributed by atoms with Gasteiger partial charge in [0.1, 0.15) is 0 Å². The van der Waals surface area contributed by atoms with Crippen molar-refractivity contribution in [3.05, 3.63) is 150 Å². The van der Waals surface area contributed by atoms with Gasteiger partial charge in [0.2, 0.25) is 0 Å². The quantitative estimate of drug-likeness (QED) is 0.236. The molecule has 0 aliphatic rings. The van der Waals surface area contributed by atoms with Gasteiger partial charge in [-0.3, -0.25) is 0 Å². The van der Waals surface area contributed by atoms with E-state index >= 15 is 0 Å². The maximum absolute atomic E-state index is 14.7. The van der Waals surface area contributed by atoms with Crippen LogP contribution in [0, 0.1) is 20.8 Å². The number of rotatable bonds is 7. The molecule has 3 nitrogen and oxygen atoms in total. The van der Waals surface area contributed by atoms with Crippen LogP contribution in [-0.2, 0) is 14.1 Å². The Kier molecular flexibility index (Phi) is 6.83. The molecular weight excluding hydrogens is 507 g/mol. The molecule has 0 aliphatic heterocycles. The normalized spacial score (nSPS) is 13.0. The summed E-state index contributed by atoms with van der Waals surface area (Å²) in [6, 6.07) is 43.1. The van der Waals surface area contributed by atoms with Crippen LogP contribution in [0.25, 0.3) is 0 Å². The van der Waals surface area contributed by atoms with Crippen LogP contribution >= 0.6 is 6.83 Å². The Morgan fingerprint density at radius 2 is 0.789 bits per heavy atom. The number of aryl methyl sites for hydroxylation is 3. The number of hydrogen-bond donors (Lipinski definition) is 0. The van der Waals surface area contributed by atoms with Crippen LogP contribution in [-0.4, -0.2) is 8.42 Å². The third-order valence-electron chi connectivity index (χ3n) is 7.10. The van der Waals surface area contributed by atoms with E-state index in [1.807, 2.05) is 154 Å². The van der Waals surface area contributed by atoms with Crippen molar-refractivity contribution in [2.75, 3.05) is 0 Å². The third kappa shape index (κ3) is 4.01. The van der Waals surface area contributed by atoms with Gasteiger partial charge in [0.15, 0.2) is 0 Å². The Morgan fingerprint density at radius 3 is 1.08 bits per heavy atom. The van der Waals surface area contributed by atoms with Crippen LogP contribution in [0.1, 0.15) is 16.7 Å². The molecule has 0 aliphatic carbocycles. The molecule has 0 saturated carbocycles. The first-order valence-electron chi connectivity index (χ1n) is 12.6. The fourth-order valence-corrected chi connectivity index (χ4v) is 14.6. The Bertz CT molecular complexity index is 1480. The van der Waals surface area contributed by atoms with Crippen LogP contribution in [0.5, 0.6) is 0 Å². The summed E-state index contributed by atoms with van der Waals surface area (Å²) in [6.45, 7) is 1.29. The summed E-state index contributed by atoms with van der Waals surface area (Å²) in [5, 5.41) is 3.25. The first kappa shape index (κ1) is 26.1. The average Bonchev–Trinajstić information content (AvgIpc) is 2.93. The van der Waals surface area contributed by atoms with Crippen LogP contribution in [0.4, 0.5) is 0 Å². The van der Waals surface area contributed by atoms with Crippen molar-refractivity contribution in [2.24, 2.45) is 0 Å². The van der Waals surface area contributed by atoms with Crippen molar-refractivity contribution in [1.29, 1.82) is 0 Å². The molecule has 0 fully saturated rings. The molecule has 0 bridgehead atoms.